The highest BCUT2D eigenvalue weighted by atomic mass is 35.5. The lowest BCUT2D eigenvalue weighted by atomic mass is 9.80. The first-order valence-corrected chi connectivity index (χ1v) is 7.79. The molecule has 0 saturated carbocycles. The van der Waals surface area contributed by atoms with Crippen LogP contribution < -0.4 is 10.0 Å². The number of halogens is 1. The van der Waals surface area contributed by atoms with Gasteiger partial charge in [-0.25, -0.2) is 13.1 Å². The molecular weight excluding hydrogens is 304 g/mol. The summed E-state index contributed by atoms with van der Waals surface area (Å²) in [6, 6.07) is 3.00. The summed E-state index contributed by atoms with van der Waals surface area (Å²) in [7, 11) is -1.92. The SMILES string of the molecule is COCC1(CNS(=O)(=O)c2ccco2)CCNCC1.Cl. The van der Waals surface area contributed by atoms with Crippen molar-refractivity contribution < 1.29 is 17.6 Å². The van der Waals surface area contributed by atoms with Crippen LogP contribution in [0.15, 0.2) is 27.9 Å². The van der Waals surface area contributed by atoms with Gasteiger partial charge in [-0.2, -0.15) is 0 Å². The number of rotatable bonds is 6. The standard InChI is InChI=1S/C12H20N2O4S.ClH/c1-17-10-12(4-6-13-7-5-12)9-14-19(15,16)11-3-2-8-18-11;/h2-3,8,13-14H,4-7,9-10H2,1H3;1H. The van der Waals surface area contributed by atoms with Crippen LogP contribution in [-0.4, -0.2) is 41.8 Å². The minimum absolute atomic E-state index is 0. The Bertz CT molecular complexity index is 478. The molecule has 0 bridgehead atoms. The summed E-state index contributed by atoms with van der Waals surface area (Å²) in [5.74, 6) is 0. The summed E-state index contributed by atoms with van der Waals surface area (Å²) in [5, 5.41) is 3.22. The summed E-state index contributed by atoms with van der Waals surface area (Å²) in [5.41, 5.74) is -0.139. The molecule has 0 amide bonds. The fraction of sp³-hybridized carbons (Fsp3) is 0.667. The zero-order valence-electron chi connectivity index (χ0n) is 11.4. The molecule has 0 spiro atoms. The van der Waals surface area contributed by atoms with Crippen molar-refractivity contribution in [1.82, 2.24) is 10.0 Å². The minimum Gasteiger partial charge on any atom is -0.452 e. The lowest BCUT2D eigenvalue weighted by Crippen LogP contribution is -2.47. The molecule has 0 aromatic carbocycles. The Labute approximate surface area is 125 Å². The quantitative estimate of drug-likeness (QED) is 0.816. The second kappa shape index (κ2) is 7.42. The van der Waals surface area contributed by atoms with Gasteiger partial charge in [-0.1, -0.05) is 0 Å². The van der Waals surface area contributed by atoms with E-state index in [1.807, 2.05) is 0 Å². The number of furan rings is 1. The number of nitrogens with one attached hydrogen (secondary N) is 2. The smallest absolute Gasteiger partial charge is 0.273 e. The molecule has 1 fully saturated rings. The Balaban J connectivity index is 0.00000200. The molecule has 1 aliphatic rings. The molecule has 6 nitrogen and oxygen atoms in total. The predicted octanol–water partition coefficient (Wildman–Crippen LogP) is 0.996. The van der Waals surface area contributed by atoms with Crippen LogP contribution in [0.2, 0.25) is 0 Å². The van der Waals surface area contributed by atoms with Crippen LogP contribution in [0.3, 0.4) is 0 Å². The third-order valence-corrected chi connectivity index (χ3v) is 4.80. The molecule has 2 heterocycles. The van der Waals surface area contributed by atoms with E-state index in [9.17, 15) is 8.42 Å². The van der Waals surface area contributed by atoms with Crippen molar-refractivity contribution in [3.63, 3.8) is 0 Å². The van der Waals surface area contributed by atoms with Crippen LogP contribution in [0.1, 0.15) is 12.8 Å². The molecule has 1 aromatic heterocycles. The molecule has 1 aromatic rings. The summed E-state index contributed by atoms with van der Waals surface area (Å²) >= 11 is 0. The number of hydrogen-bond donors (Lipinski definition) is 2. The van der Waals surface area contributed by atoms with E-state index in [2.05, 4.69) is 10.0 Å². The van der Waals surface area contributed by atoms with Crippen molar-refractivity contribution in [1.29, 1.82) is 0 Å². The zero-order valence-corrected chi connectivity index (χ0v) is 13.1. The number of ether oxygens (including phenoxy) is 1. The highest BCUT2D eigenvalue weighted by molar-refractivity contribution is 7.89. The Morgan fingerprint density at radius 1 is 1.45 bits per heavy atom. The van der Waals surface area contributed by atoms with Crippen LogP contribution in [0.5, 0.6) is 0 Å². The molecule has 0 aliphatic carbocycles. The molecule has 2 N–H and O–H groups in total. The first-order chi connectivity index (χ1) is 9.08. The van der Waals surface area contributed by atoms with Crippen molar-refractivity contribution >= 4 is 22.4 Å². The van der Waals surface area contributed by atoms with Gasteiger partial charge in [0.15, 0.2) is 0 Å². The molecule has 20 heavy (non-hydrogen) atoms. The topological polar surface area (TPSA) is 80.6 Å². The van der Waals surface area contributed by atoms with E-state index in [0.29, 0.717) is 13.2 Å². The zero-order chi connectivity index (χ0) is 13.8. The highest BCUT2D eigenvalue weighted by Crippen LogP contribution is 2.28. The maximum atomic E-state index is 12.0. The summed E-state index contributed by atoms with van der Waals surface area (Å²) in [6.45, 7) is 2.68. The molecule has 1 aliphatic heterocycles. The van der Waals surface area contributed by atoms with Gasteiger partial charge in [0.05, 0.1) is 12.9 Å². The van der Waals surface area contributed by atoms with Gasteiger partial charge in [-0.05, 0) is 38.1 Å². The van der Waals surface area contributed by atoms with Gasteiger partial charge in [-0.15, -0.1) is 12.4 Å². The molecule has 0 unspecified atom stereocenters. The van der Waals surface area contributed by atoms with Crippen LogP contribution >= 0.6 is 12.4 Å². The van der Waals surface area contributed by atoms with E-state index in [4.69, 9.17) is 9.15 Å². The fourth-order valence-corrected chi connectivity index (χ4v) is 3.45. The lowest BCUT2D eigenvalue weighted by Gasteiger charge is -2.36. The van der Waals surface area contributed by atoms with Gasteiger partial charge in [0.25, 0.3) is 10.0 Å². The number of sulfonamides is 1. The van der Waals surface area contributed by atoms with Crippen molar-refractivity contribution in [3.05, 3.63) is 18.4 Å². The normalized spacial score (nSPS) is 18.4. The van der Waals surface area contributed by atoms with Crippen molar-refractivity contribution in [2.24, 2.45) is 5.41 Å². The second-order valence-corrected chi connectivity index (χ2v) is 6.64. The van der Waals surface area contributed by atoms with Crippen LogP contribution in [0.4, 0.5) is 0 Å². The van der Waals surface area contributed by atoms with E-state index in [0.717, 1.165) is 25.9 Å². The Hall–Kier alpha value is -0.600. The van der Waals surface area contributed by atoms with Gasteiger partial charge < -0.3 is 14.5 Å². The molecule has 2 rings (SSSR count). The lowest BCUT2D eigenvalue weighted by molar-refractivity contribution is 0.0576. The van der Waals surface area contributed by atoms with E-state index < -0.39 is 10.0 Å². The summed E-state index contributed by atoms with van der Waals surface area (Å²) < 4.78 is 36.9. The van der Waals surface area contributed by atoms with Crippen LogP contribution in [0.25, 0.3) is 0 Å². The molecule has 8 heteroatoms. The Morgan fingerprint density at radius 3 is 2.70 bits per heavy atom. The number of methoxy groups -OCH3 is 1. The third-order valence-electron chi connectivity index (χ3n) is 3.51. The average Bonchev–Trinajstić information content (AvgIpc) is 2.93. The maximum Gasteiger partial charge on any atom is 0.273 e. The van der Waals surface area contributed by atoms with Crippen molar-refractivity contribution in [2.45, 2.75) is 17.9 Å². The fourth-order valence-electron chi connectivity index (χ4n) is 2.37. The predicted molar refractivity (Wildman–Crippen MR) is 77.6 cm³/mol. The van der Waals surface area contributed by atoms with E-state index in [1.54, 1.807) is 13.2 Å². The van der Waals surface area contributed by atoms with E-state index in [-0.39, 0.29) is 22.9 Å². The molecule has 0 radical (unpaired) electrons. The number of piperidine rings is 1. The maximum absolute atomic E-state index is 12.0. The van der Waals surface area contributed by atoms with Crippen LogP contribution in [-0.2, 0) is 14.8 Å². The van der Waals surface area contributed by atoms with Gasteiger partial charge in [0.2, 0.25) is 5.09 Å². The first-order valence-electron chi connectivity index (χ1n) is 6.31. The first kappa shape index (κ1) is 17.5. The Kier molecular flexibility index (Phi) is 6.47. The Morgan fingerprint density at radius 2 is 2.15 bits per heavy atom. The number of hydrogen-bond acceptors (Lipinski definition) is 5. The van der Waals surface area contributed by atoms with Gasteiger partial charge in [-0.3, -0.25) is 0 Å². The minimum atomic E-state index is -3.57. The van der Waals surface area contributed by atoms with Gasteiger partial charge in [0.1, 0.15) is 0 Å². The summed E-state index contributed by atoms with van der Waals surface area (Å²) in [4.78, 5) is 0. The molecule has 1 saturated heterocycles. The van der Waals surface area contributed by atoms with Crippen LogP contribution in [0, 0.1) is 5.41 Å². The largest absolute Gasteiger partial charge is 0.452 e. The van der Waals surface area contributed by atoms with Crippen molar-refractivity contribution in [2.75, 3.05) is 33.4 Å². The van der Waals surface area contributed by atoms with Gasteiger partial charge in [0, 0.05) is 19.1 Å². The molecular formula is C12H21ClN2O4S. The molecule has 0 atom stereocenters. The van der Waals surface area contributed by atoms with E-state index in [1.165, 1.54) is 12.3 Å². The third kappa shape index (κ3) is 4.20. The highest BCUT2D eigenvalue weighted by Gasteiger charge is 2.34. The van der Waals surface area contributed by atoms with Crippen molar-refractivity contribution in [3.8, 4) is 0 Å². The average molecular weight is 325 g/mol. The van der Waals surface area contributed by atoms with Gasteiger partial charge >= 0.3 is 0 Å². The summed E-state index contributed by atoms with van der Waals surface area (Å²) in [6.07, 6.45) is 3.13. The monoisotopic (exact) mass is 324 g/mol. The van der Waals surface area contributed by atoms with E-state index >= 15 is 0 Å². The molecule has 116 valence electrons. The second-order valence-electron chi connectivity index (χ2n) is 4.94.